The number of benzene rings is 1. The molecule has 0 N–H and O–H groups in total. The van der Waals surface area contributed by atoms with Crippen LogP contribution in [-0.4, -0.2) is 37.1 Å². The van der Waals surface area contributed by atoms with Crippen LogP contribution in [0.25, 0.3) is 0 Å². The van der Waals surface area contributed by atoms with Crippen molar-refractivity contribution in [3.8, 4) is 0 Å². The molecule has 0 radical (unpaired) electrons. The van der Waals surface area contributed by atoms with E-state index in [4.69, 9.17) is 11.6 Å². The predicted octanol–water partition coefficient (Wildman–Crippen LogP) is 4.17. The second-order valence-corrected chi connectivity index (χ2v) is 6.87. The lowest BCUT2D eigenvalue weighted by atomic mass is 10.0. The van der Waals surface area contributed by atoms with E-state index in [9.17, 15) is 0 Å². The molecule has 0 spiro atoms. The first kappa shape index (κ1) is 13.7. The van der Waals surface area contributed by atoms with Gasteiger partial charge >= 0.3 is 0 Å². The van der Waals surface area contributed by atoms with Crippen molar-refractivity contribution in [2.75, 3.05) is 31.1 Å². The molecule has 2 nitrogen and oxygen atoms in total. The van der Waals surface area contributed by atoms with Crippen LogP contribution in [0.3, 0.4) is 0 Å². The van der Waals surface area contributed by atoms with E-state index in [2.05, 4.69) is 31.8 Å². The van der Waals surface area contributed by atoms with E-state index in [1.54, 1.807) is 0 Å². The highest BCUT2D eigenvalue weighted by Crippen LogP contribution is 2.31. The predicted molar refractivity (Wildman–Crippen MR) is 85.2 cm³/mol. The molecule has 2 aliphatic heterocycles. The fourth-order valence-corrected chi connectivity index (χ4v) is 4.26. The summed E-state index contributed by atoms with van der Waals surface area (Å²) in [6, 6.07) is 6.87. The van der Waals surface area contributed by atoms with Crippen LogP contribution in [-0.2, 0) is 0 Å². The lowest BCUT2D eigenvalue weighted by molar-refractivity contribution is 0.162. The van der Waals surface area contributed by atoms with Crippen LogP contribution in [0.5, 0.6) is 0 Å². The molecule has 2 heterocycles. The fourth-order valence-electron chi connectivity index (χ4n) is 3.33. The number of hydrogen-bond acceptors (Lipinski definition) is 2. The smallest absolute Gasteiger partial charge is 0.0512 e. The second kappa shape index (κ2) is 6.02. The maximum absolute atomic E-state index is 6.04. The van der Waals surface area contributed by atoms with E-state index in [1.165, 1.54) is 44.5 Å². The molecule has 0 aromatic heterocycles. The SMILES string of the molecule is Clc1ccc(N2CCCN3CCCCC3C2)c(Br)c1. The summed E-state index contributed by atoms with van der Waals surface area (Å²) in [4.78, 5) is 5.21. The van der Waals surface area contributed by atoms with Gasteiger partial charge in [-0.3, -0.25) is 4.90 Å². The summed E-state index contributed by atoms with van der Waals surface area (Å²) in [6.45, 7) is 4.85. The van der Waals surface area contributed by atoms with Crippen LogP contribution in [0.4, 0.5) is 5.69 Å². The molecule has 19 heavy (non-hydrogen) atoms. The third-order valence-electron chi connectivity index (χ3n) is 4.30. The molecule has 0 aliphatic carbocycles. The van der Waals surface area contributed by atoms with Crippen molar-refractivity contribution in [3.63, 3.8) is 0 Å². The van der Waals surface area contributed by atoms with Crippen LogP contribution in [0.15, 0.2) is 22.7 Å². The summed E-state index contributed by atoms with van der Waals surface area (Å²) in [7, 11) is 0. The van der Waals surface area contributed by atoms with Crippen LogP contribution in [0.2, 0.25) is 5.02 Å². The van der Waals surface area contributed by atoms with E-state index in [-0.39, 0.29) is 0 Å². The third kappa shape index (κ3) is 3.09. The van der Waals surface area contributed by atoms with Gasteiger partial charge in [0.05, 0.1) is 5.69 Å². The van der Waals surface area contributed by atoms with Crippen molar-refractivity contribution < 1.29 is 0 Å². The number of rotatable bonds is 1. The monoisotopic (exact) mass is 342 g/mol. The average Bonchev–Trinajstić information content (AvgIpc) is 2.60. The lowest BCUT2D eigenvalue weighted by Crippen LogP contribution is -2.44. The van der Waals surface area contributed by atoms with Crippen molar-refractivity contribution in [1.82, 2.24) is 4.90 Å². The maximum Gasteiger partial charge on any atom is 0.0512 e. The number of nitrogens with zero attached hydrogens (tertiary/aromatic N) is 2. The molecule has 0 bridgehead atoms. The Labute approximate surface area is 128 Å². The third-order valence-corrected chi connectivity index (χ3v) is 5.17. The van der Waals surface area contributed by atoms with Crippen LogP contribution < -0.4 is 4.90 Å². The number of fused-ring (bicyclic) bond motifs is 1. The quantitative estimate of drug-likeness (QED) is 0.755. The van der Waals surface area contributed by atoms with Gasteiger partial charge in [0, 0.05) is 35.2 Å². The van der Waals surface area contributed by atoms with Crippen molar-refractivity contribution >= 4 is 33.2 Å². The molecule has 1 unspecified atom stereocenters. The summed E-state index contributed by atoms with van der Waals surface area (Å²) in [5, 5.41) is 0.796. The van der Waals surface area contributed by atoms with E-state index < -0.39 is 0 Å². The molecule has 1 atom stereocenters. The number of anilines is 1. The minimum Gasteiger partial charge on any atom is -0.369 e. The Bertz CT molecular complexity index is 452. The highest BCUT2D eigenvalue weighted by molar-refractivity contribution is 9.10. The molecule has 1 aromatic carbocycles. The highest BCUT2D eigenvalue weighted by atomic mass is 79.9. The molecule has 0 amide bonds. The Hall–Kier alpha value is -0.250. The molecule has 2 saturated heterocycles. The zero-order valence-electron chi connectivity index (χ0n) is 11.1. The Kier molecular flexibility index (Phi) is 4.35. The van der Waals surface area contributed by atoms with Crippen molar-refractivity contribution in [1.29, 1.82) is 0 Å². The fraction of sp³-hybridized carbons (Fsp3) is 0.600. The Morgan fingerprint density at radius 1 is 1.11 bits per heavy atom. The average molecular weight is 344 g/mol. The van der Waals surface area contributed by atoms with Gasteiger partial charge in [-0.05, 0) is 59.9 Å². The number of hydrogen-bond donors (Lipinski definition) is 0. The molecule has 2 fully saturated rings. The Balaban J connectivity index is 1.80. The second-order valence-electron chi connectivity index (χ2n) is 5.58. The van der Waals surface area contributed by atoms with Gasteiger partial charge in [-0.25, -0.2) is 0 Å². The number of piperidine rings is 1. The van der Waals surface area contributed by atoms with Crippen LogP contribution >= 0.6 is 27.5 Å². The first-order chi connectivity index (χ1) is 9.24. The van der Waals surface area contributed by atoms with Gasteiger partial charge in [-0.15, -0.1) is 0 Å². The Morgan fingerprint density at radius 2 is 1.95 bits per heavy atom. The normalized spacial score (nSPS) is 24.9. The largest absolute Gasteiger partial charge is 0.369 e. The first-order valence-corrected chi connectivity index (χ1v) is 8.35. The zero-order valence-corrected chi connectivity index (χ0v) is 13.5. The minimum absolute atomic E-state index is 0.735. The minimum atomic E-state index is 0.735. The van der Waals surface area contributed by atoms with E-state index >= 15 is 0 Å². The Morgan fingerprint density at radius 3 is 2.79 bits per heavy atom. The molecule has 0 saturated carbocycles. The zero-order chi connectivity index (χ0) is 13.2. The van der Waals surface area contributed by atoms with Crippen LogP contribution in [0, 0.1) is 0 Å². The van der Waals surface area contributed by atoms with Gasteiger partial charge in [0.15, 0.2) is 0 Å². The van der Waals surface area contributed by atoms with Crippen molar-refractivity contribution in [3.05, 3.63) is 27.7 Å². The van der Waals surface area contributed by atoms with E-state index in [0.717, 1.165) is 28.6 Å². The van der Waals surface area contributed by atoms with E-state index in [1.807, 2.05) is 12.1 Å². The van der Waals surface area contributed by atoms with Gasteiger partial charge in [-0.2, -0.15) is 0 Å². The van der Waals surface area contributed by atoms with Crippen molar-refractivity contribution in [2.45, 2.75) is 31.7 Å². The summed E-state index contributed by atoms with van der Waals surface area (Å²) in [6.07, 6.45) is 5.37. The van der Waals surface area contributed by atoms with Gasteiger partial charge in [0.2, 0.25) is 0 Å². The van der Waals surface area contributed by atoms with Gasteiger partial charge in [0.1, 0.15) is 0 Å². The molecule has 4 heteroatoms. The van der Waals surface area contributed by atoms with Crippen molar-refractivity contribution in [2.24, 2.45) is 0 Å². The first-order valence-electron chi connectivity index (χ1n) is 7.18. The molecule has 1 aromatic rings. The van der Waals surface area contributed by atoms with E-state index in [0.29, 0.717) is 0 Å². The summed E-state index contributed by atoms with van der Waals surface area (Å²) in [5.41, 5.74) is 1.29. The van der Waals surface area contributed by atoms with Gasteiger partial charge < -0.3 is 4.90 Å². The highest BCUT2D eigenvalue weighted by Gasteiger charge is 2.27. The van der Waals surface area contributed by atoms with Gasteiger partial charge in [-0.1, -0.05) is 18.0 Å². The number of halogens is 2. The van der Waals surface area contributed by atoms with Crippen LogP contribution in [0.1, 0.15) is 25.7 Å². The molecular weight excluding hydrogens is 324 g/mol. The molecule has 104 valence electrons. The summed E-state index contributed by atoms with van der Waals surface area (Å²) in [5.74, 6) is 0. The summed E-state index contributed by atoms with van der Waals surface area (Å²) < 4.78 is 1.12. The molecular formula is C15H20BrClN2. The summed E-state index contributed by atoms with van der Waals surface area (Å²) >= 11 is 9.70. The lowest BCUT2D eigenvalue weighted by Gasteiger charge is -2.36. The molecule has 2 aliphatic rings. The molecule has 3 rings (SSSR count). The standard InChI is InChI=1S/C15H20BrClN2/c16-14-10-12(17)5-6-15(14)19-9-3-8-18-7-2-1-4-13(18)11-19/h5-6,10,13H,1-4,7-9,11H2. The topological polar surface area (TPSA) is 6.48 Å². The van der Waals surface area contributed by atoms with Gasteiger partial charge in [0.25, 0.3) is 0 Å². The maximum atomic E-state index is 6.04.